The summed E-state index contributed by atoms with van der Waals surface area (Å²) in [6.45, 7) is 9.22. The third-order valence-corrected chi connectivity index (χ3v) is 5.10. The Morgan fingerprint density at radius 3 is 2.95 bits per heavy atom. The average molecular weight is 267 g/mol. The second-order valence-electron chi connectivity index (χ2n) is 6.87. The lowest BCUT2D eigenvalue weighted by Gasteiger charge is -2.46. The first-order valence-corrected chi connectivity index (χ1v) is 7.99. The van der Waals surface area contributed by atoms with Gasteiger partial charge < -0.3 is 19.9 Å². The summed E-state index contributed by atoms with van der Waals surface area (Å²) in [6, 6.07) is 0. The average Bonchev–Trinajstić information content (AvgIpc) is 2.40. The van der Waals surface area contributed by atoms with Crippen LogP contribution in [0.2, 0.25) is 0 Å². The molecule has 3 aliphatic heterocycles. The predicted molar refractivity (Wildman–Crippen MR) is 77.4 cm³/mol. The minimum absolute atomic E-state index is 0.422. The molecule has 0 saturated carbocycles. The van der Waals surface area contributed by atoms with Crippen molar-refractivity contribution in [3.63, 3.8) is 0 Å². The molecule has 3 saturated heterocycles. The van der Waals surface area contributed by atoms with E-state index in [0.29, 0.717) is 11.5 Å². The maximum absolute atomic E-state index is 5.93. The fourth-order valence-electron chi connectivity index (χ4n) is 4.11. The molecular formula is C15H29N3O. The zero-order valence-electron chi connectivity index (χ0n) is 12.4. The molecule has 3 fully saturated rings. The zero-order chi connectivity index (χ0) is 13.1. The largest absolute Gasteiger partial charge is 0.374 e. The molecule has 0 aliphatic carbocycles. The van der Waals surface area contributed by atoms with Gasteiger partial charge in [-0.25, -0.2) is 0 Å². The van der Waals surface area contributed by atoms with Gasteiger partial charge in [-0.05, 0) is 51.2 Å². The molecule has 4 heteroatoms. The number of ether oxygens (including phenoxy) is 1. The van der Waals surface area contributed by atoms with Crippen LogP contribution < -0.4 is 5.32 Å². The number of morpholine rings is 1. The summed E-state index contributed by atoms with van der Waals surface area (Å²) >= 11 is 0. The van der Waals surface area contributed by atoms with Crippen molar-refractivity contribution in [1.29, 1.82) is 0 Å². The van der Waals surface area contributed by atoms with Gasteiger partial charge in [0.05, 0.1) is 12.7 Å². The van der Waals surface area contributed by atoms with Crippen molar-refractivity contribution in [2.75, 3.05) is 59.5 Å². The minimum atomic E-state index is 0.422. The molecule has 0 bridgehead atoms. The van der Waals surface area contributed by atoms with Crippen molar-refractivity contribution < 1.29 is 4.74 Å². The second kappa shape index (κ2) is 6.08. The quantitative estimate of drug-likeness (QED) is 0.800. The third kappa shape index (κ3) is 3.48. The number of rotatable bonds is 2. The molecule has 0 radical (unpaired) electrons. The van der Waals surface area contributed by atoms with E-state index in [1.54, 1.807) is 0 Å². The molecule has 0 amide bonds. The maximum Gasteiger partial charge on any atom is 0.0829 e. The van der Waals surface area contributed by atoms with Crippen molar-refractivity contribution in [1.82, 2.24) is 15.1 Å². The lowest BCUT2D eigenvalue weighted by molar-refractivity contribution is -0.0488. The zero-order valence-corrected chi connectivity index (χ0v) is 12.4. The molecule has 1 N–H and O–H groups in total. The van der Waals surface area contributed by atoms with Crippen LogP contribution in [0.3, 0.4) is 0 Å². The fraction of sp³-hybridized carbons (Fsp3) is 1.00. The third-order valence-electron chi connectivity index (χ3n) is 5.10. The molecule has 19 heavy (non-hydrogen) atoms. The summed E-state index contributed by atoms with van der Waals surface area (Å²) in [6.07, 6.45) is 5.98. The molecule has 1 spiro atoms. The Morgan fingerprint density at radius 2 is 2.16 bits per heavy atom. The lowest BCUT2D eigenvalue weighted by Crippen LogP contribution is -2.54. The lowest BCUT2D eigenvalue weighted by atomic mass is 9.74. The van der Waals surface area contributed by atoms with E-state index in [0.717, 1.165) is 26.2 Å². The Morgan fingerprint density at radius 1 is 1.26 bits per heavy atom. The van der Waals surface area contributed by atoms with Gasteiger partial charge in [-0.2, -0.15) is 0 Å². The monoisotopic (exact) mass is 267 g/mol. The Labute approximate surface area is 117 Å². The summed E-state index contributed by atoms with van der Waals surface area (Å²) in [5, 5.41) is 3.61. The van der Waals surface area contributed by atoms with Gasteiger partial charge in [0.25, 0.3) is 0 Å². The van der Waals surface area contributed by atoms with Gasteiger partial charge in [0.2, 0.25) is 0 Å². The number of likely N-dealkylation sites (tertiary alicyclic amines) is 1. The summed E-state index contributed by atoms with van der Waals surface area (Å²) in [7, 11) is 2.21. The number of nitrogens with zero attached hydrogens (tertiary/aromatic N) is 2. The fourth-order valence-corrected chi connectivity index (χ4v) is 4.11. The van der Waals surface area contributed by atoms with E-state index in [-0.39, 0.29) is 0 Å². The molecular weight excluding hydrogens is 238 g/mol. The second-order valence-corrected chi connectivity index (χ2v) is 6.87. The topological polar surface area (TPSA) is 27.7 Å². The SMILES string of the molecule is CN1CCOC(CN2CCCC3(CCCNC3)C2)C1. The minimum Gasteiger partial charge on any atom is -0.374 e. The van der Waals surface area contributed by atoms with Crippen molar-refractivity contribution in [3.8, 4) is 0 Å². The van der Waals surface area contributed by atoms with Gasteiger partial charge in [-0.1, -0.05) is 0 Å². The van der Waals surface area contributed by atoms with Crippen molar-refractivity contribution in [3.05, 3.63) is 0 Å². The highest BCUT2D eigenvalue weighted by Gasteiger charge is 2.37. The van der Waals surface area contributed by atoms with Crippen molar-refractivity contribution in [2.45, 2.75) is 31.8 Å². The summed E-state index contributed by atoms with van der Waals surface area (Å²) in [4.78, 5) is 5.07. The van der Waals surface area contributed by atoms with E-state index in [4.69, 9.17) is 4.74 Å². The molecule has 2 atom stereocenters. The van der Waals surface area contributed by atoms with Crippen LogP contribution in [0.15, 0.2) is 0 Å². The highest BCUT2D eigenvalue weighted by molar-refractivity contribution is 4.92. The number of likely N-dealkylation sites (N-methyl/N-ethyl adjacent to an activating group) is 1. The Bertz CT molecular complexity index is 286. The first-order chi connectivity index (χ1) is 9.26. The van der Waals surface area contributed by atoms with Crippen LogP contribution in [0.25, 0.3) is 0 Å². The van der Waals surface area contributed by atoms with Crippen molar-refractivity contribution in [2.24, 2.45) is 5.41 Å². The van der Waals surface area contributed by atoms with E-state index < -0.39 is 0 Å². The molecule has 110 valence electrons. The molecule has 0 aromatic rings. The van der Waals surface area contributed by atoms with Crippen LogP contribution in [0, 0.1) is 5.41 Å². The van der Waals surface area contributed by atoms with Crippen LogP contribution in [-0.2, 0) is 4.74 Å². The highest BCUT2D eigenvalue weighted by atomic mass is 16.5. The Balaban J connectivity index is 1.53. The van der Waals surface area contributed by atoms with Gasteiger partial charge in [0.15, 0.2) is 0 Å². The molecule has 4 nitrogen and oxygen atoms in total. The molecule has 2 unspecified atom stereocenters. The highest BCUT2D eigenvalue weighted by Crippen LogP contribution is 2.35. The van der Waals surface area contributed by atoms with Gasteiger partial charge in [-0.15, -0.1) is 0 Å². The van der Waals surface area contributed by atoms with E-state index in [2.05, 4.69) is 22.2 Å². The Kier molecular flexibility index (Phi) is 4.42. The molecule has 3 heterocycles. The summed E-state index contributed by atoms with van der Waals surface area (Å²) < 4.78 is 5.93. The first-order valence-electron chi connectivity index (χ1n) is 7.99. The molecule has 0 aromatic carbocycles. The van der Waals surface area contributed by atoms with Gasteiger partial charge in [0, 0.05) is 32.7 Å². The van der Waals surface area contributed by atoms with Crippen LogP contribution >= 0.6 is 0 Å². The van der Waals surface area contributed by atoms with E-state index >= 15 is 0 Å². The van der Waals surface area contributed by atoms with Gasteiger partial charge in [0.1, 0.15) is 0 Å². The number of hydrogen-bond donors (Lipinski definition) is 1. The number of piperidine rings is 2. The van der Waals surface area contributed by atoms with Crippen LogP contribution in [0.4, 0.5) is 0 Å². The first kappa shape index (κ1) is 13.8. The van der Waals surface area contributed by atoms with Crippen LogP contribution in [0.5, 0.6) is 0 Å². The van der Waals surface area contributed by atoms with Gasteiger partial charge >= 0.3 is 0 Å². The predicted octanol–water partition coefficient (Wildman–Crippen LogP) is 0.783. The summed E-state index contributed by atoms with van der Waals surface area (Å²) in [5.74, 6) is 0. The standard InChI is InChI=1S/C15H29N3O/c1-17-8-9-19-14(10-17)11-18-7-3-5-15(13-18)4-2-6-16-12-15/h14,16H,2-13H2,1H3. The molecule has 0 aromatic heterocycles. The van der Waals surface area contributed by atoms with Gasteiger partial charge in [-0.3, -0.25) is 0 Å². The van der Waals surface area contributed by atoms with E-state index in [1.807, 2.05) is 0 Å². The van der Waals surface area contributed by atoms with Crippen LogP contribution in [-0.4, -0.2) is 75.4 Å². The molecule has 3 rings (SSSR count). The Hall–Kier alpha value is -0.160. The van der Waals surface area contributed by atoms with E-state index in [9.17, 15) is 0 Å². The number of hydrogen-bond acceptors (Lipinski definition) is 4. The summed E-state index contributed by atoms with van der Waals surface area (Å²) in [5.41, 5.74) is 0.567. The smallest absolute Gasteiger partial charge is 0.0829 e. The van der Waals surface area contributed by atoms with Crippen molar-refractivity contribution >= 4 is 0 Å². The van der Waals surface area contributed by atoms with E-state index in [1.165, 1.54) is 51.9 Å². The maximum atomic E-state index is 5.93. The normalized spacial score (nSPS) is 38.7. The number of nitrogens with one attached hydrogen (secondary N) is 1. The van der Waals surface area contributed by atoms with Crippen LogP contribution in [0.1, 0.15) is 25.7 Å². The molecule has 3 aliphatic rings.